The van der Waals surface area contributed by atoms with Crippen LogP contribution in [0.3, 0.4) is 0 Å². The fraction of sp³-hybridized carbons (Fsp3) is 0.435. The minimum atomic E-state index is -1.19. The molecule has 156 valence electrons. The predicted octanol–water partition coefficient (Wildman–Crippen LogP) is 4.10. The van der Waals surface area contributed by atoms with Crippen LogP contribution in [0.4, 0.5) is 4.39 Å². The second kappa shape index (κ2) is 6.87. The second-order valence-corrected chi connectivity index (χ2v) is 8.79. The second-order valence-electron chi connectivity index (χ2n) is 8.79. The minimum absolute atomic E-state index is 0.0844. The Hall–Kier alpha value is -2.80. The van der Waals surface area contributed by atoms with Crippen LogP contribution in [0.2, 0.25) is 0 Å². The van der Waals surface area contributed by atoms with Gasteiger partial charge in [0.1, 0.15) is 11.4 Å². The van der Waals surface area contributed by atoms with Crippen LogP contribution in [0.5, 0.6) is 0 Å². The first-order chi connectivity index (χ1) is 14.4. The molecular weight excluding hydrogens is 385 g/mol. The van der Waals surface area contributed by atoms with Crippen molar-refractivity contribution in [3.63, 3.8) is 0 Å². The number of carbonyl (C=O) groups excluding carboxylic acids is 1. The van der Waals surface area contributed by atoms with Gasteiger partial charge in [-0.05, 0) is 48.9 Å². The summed E-state index contributed by atoms with van der Waals surface area (Å²) in [5.74, 6) is -0.0643. The number of hydrogen-bond donors (Lipinski definition) is 1. The Morgan fingerprint density at radius 1 is 1.30 bits per heavy atom. The Balaban J connectivity index is 1.51. The van der Waals surface area contributed by atoms with E-state index in [0.717, 1.165) is 24.2 Å². The molecule has 2 aromatic heterocycles. The van der Waals surface area contributed by atoms with Crippen LogP contribution in [0, 0.1) is 5.82 Å². The molecule has 0 spiro atoms. The maximum atomic E-state index is 13.6. The lowest BCUT2D eigenvalue weighted by Crippen LogP contribution is -2.34. The Morgan fingerprint density at radius 2 is 2.03 bits per heavy atom. The Morgan fingerprint density at radius 3 is 2.70 bits per heavy atom. The average Bonchev–Trinajstić information content (AvgIpc) is 3.36. The number of carbonyl (C=O) groups is 1. The summed E-state index contributed by atoms with van der Waals surface area (Å²) < 4.78 is 18.8. The zero-order valence-electron chi connectivity index (χ0n) is 17.1. The Labute approximate surface area is 173 Å². The number of rotatable bonds is 4. The van der Waals surface area contributed by atoms with Crippen molar-refractivity contribution in [2.75, 3.05) is 13.1 Å². The molecule has 1 unspecified atom stereocenters. The van der Waals surface area contributed by atoms with Gasteiger partial charge in [-0.1, -0.05) is 31.1 Å². The summed E-state index contributed by atoms with van der Waals surface area (Å²) in [7, 11) is 0. The number of β-amino-alcohol motifs (C(OH)–C–C–N with tert-alkyl or cyclic N) is 1. The van der Waals surface area contributed by atoms with E-state index in [2.05, 4.69) is 10.1 Å². The molecule has 7 heteroatoms. The number of hydrogen-bond acceptors (Lipinski definition) is 5. The van der Waals surface area contributed by atoms with Crippen LogP contribution in [0.1, 0.15) is 72.3 Å². The SMILES string of the molecule is CC(C)c1noc2nc(C3CC3)cc(C(=O)N3CCC(O)(c4ccc(F)cc4)C3)c12. The van der Waals surface area contributed by atoms with Gasteiger partial charge in [-0.3, -0.25) is 4.79 Å². The van der Waals surface area contributed by atoms with Crippen molar-refractivity contribution in [3.05, 3.63) is 58.7 Å². The highest BCUT2D eigenvalue weighted by Crippen LogP contribution is 2.41. The van der Waals surface area contributed by atoms with Gasteiger partial charge in [-0.15, -0.1) is 0 Å². The fourth-order valence-corrected chi connectivity index (χ4v) is 4.28. The van der Waals surface area contributed by atoms with E-state index >= 15 is 0 Å². The maximum absolute atomic E-state index is 13.6. The van der Waals surface area contributed by atoms with Gasteiger partial charge in [-0.25, -0.2) is 9.37 Å². The lowest BCUT2D eigenvalue weighted by atomic mass is 9.93. The molecule has 2 aliphatic rings. The normalized spacial score (nSPS) is 21.7. The summed E-state index contributed by atoms with van der Waals surface area (Å²) >= 11 is 0. The standard InChI is InChI=1S/C23H24FN3O3/c1-13(2)20-19-17(11-18(14-3-4-14)25-21(19)30-26-20)22(28)27-10-9-23(29,12-27)15-5-7-16(24)8-6-15/h5-8,11,13-14,29H,3-4,9-10,12H2,1-2H3. The number of halogens is 1. The summed E-state index contributed by atoms with van der Waals surface area (Å²) in [4.78, 5) is 19.8. The quantitative estimate of drug-likeness (QED) is 0.702. The zero-order chi connectivity index (χ0) is 21.0. The highest BCUT2D eigenvalue weighted by atomic mass is 19.1. The molecule has 5 rings (SSSR count). The first-order valence-corrected chi connectivity index (χ1v) is 10.4. The van der Waals surface area contributed by atoms with Crippen LogP contribution >= 0.6 is 0 Å². The lowest BCUT2D eigenvalue weighted by molar-refractivity contribution is 0.0417. The van der Waals surface area contributed by atoms with Crippen LogP contribution in [0.15, 0.2) is 34.9 Å². The molecule has 1 aromatic carbocycles. The molecule has 1 saturated carbocycles. The van der Waals surface area contributed by atoms with E-state index in [1.807, 2.05) is 19.9 Å². The van der Waals surface area contributed by atoms with Crippen molar-refractivity contribution in [2.24, 2.45) is 0 Å². The number of fused-ring (bicyclic) bond motifs is 1. The summed E-state index contributed by atoms with van der Waals surface area (Å²) in [6, 6.07) is 7.70. The average molecular weight is 409 g/mol. The van der Waals surface area contributed by atoms with Crippen molar-refractivity contribution < 1.29 is 18.8 Å². The van der Waals surface area contributed by atoms with Gasteiger partial charge in [0, 0.05) is 18.2 Å². The first kappa shape index (κ1) is 19.2. The smallest absolute Gasteiger partial charge is 0.259 e. The van der Waals surface area contributed by atoms with Gasteiger partial charge in [0.15, 0.2) is 0 Å². The fourth-order valence-electron chi connectivity index (χ4n) is 4.28. The van der Waals surface area contributed by atoms with Gasteiger partial charge in [0.05, 0.1) is 23.2 Å². The van der Waals surface area contributed by atoms with Gasteiger partial charge >= 0.3 is 0 Å². The van der Waals surface area contributed by atoms with Crippen molar-refractivity contribution in [2.45, 2.75) is 50.5 Å². The summed E-state index contributed by atoms with van der Waals surface area (Å²) in [6.45, 7) is 4.58. The van der Waals surface area contributed by atoms with Gasteiger partial charge in [0.2, 0.25) is 0 Å². The van der Waals surface area contributed by atoms with E-state index in [1.165, 1.54) is 12.1 Å². The number of aromatic nitrogens is 2. The number of benzene rings is 1. The van der Waals surface area contributed by atoms with Crippen LogP contribution in [-0.2, 0) is 5.60 Å². The van der Waals surface area contributed by atoms with Gasteiger partial charge in [0.25, 0.3) is 11.6 Å². The number of pyridine rings is 1. The van der Waals surface area contributed by atoms with Crippen molar-refractivity contribution in [1.82, 2.24) is 15.0 Å². The van der Waals surface area contributed by atoms with Crippen molar-refractivity contribution in [3.8, 4) is 0 Å². The van der Waals surface area contributed by atoms with E-state index in [4.69, 9.17) is 4.52 Å². The molecule has 0 bridgehead atoms. The molecule has 3 heterocycles. The Kier molecular flexibility index (Phi) is 4.39. The summed E-state index contributed by atoms with van der Waals surface area (Å²) in [6.07, 6.45) is 2.52. The van der Waals surface area contributed by atoms with Crippen LogP contribution in [0.25, 0.3) is 11.1 Å². The largest absolute Gasteiger partial charge is 0.383 e. The molecular formula is C23H24FN3O3. The molecule has 1 saturated heterocycles. The minimum Gasteiger partial charge on any atom is -0.383 e. The predicted molar refractivity (Wildman–Crippen MR) is 109 cm³/mol. The molecule has 1 amide bonds. The third kappa shape index (κ3) is 3.17. The maximum Gasteiger partial charge on any atom is 0.259 e. The topological polar surface area (TPSA) is 79.5 Å². The van der Waals surface area contributed by atoms with Crippen LogP contribution in [-0.4, -0.2) is 39.1 Å². The third-order valence-electron chi connectivity index (χ3n) is 6.18. The molecule has 6 nitrogen and oxygen atoms in total. The number of likely N-dealkylation sites (tertiary alicyclic amines) is 1. The molecule has 3 aromatic rings. The molecule has 30 heavy (non-hydrogen) atoms. The number of aliphatic hydroxyl groups is 1. The zero-order valence-corrected chi connectivity index (χ0v) is 17.1. The molecule has 0 radical (unpaired) electrons. The molecule has 2 fully saturated rings. The van der Waals surface area contributed by atoms with Crippen molar-refractivity contribution in [1.29, 1.82) is 0 Å². The highest BCUT2D eigenvalue weighted by molar-refractivity contribution is 6.06. The van der Waals surface area contributed by atoms with Crippen LogP contribution < -0.4 is 0 Å². The number of nitrogens with zero attached hydrogens (tertiary/aromatic N) is 3. The monoisotopic (exact) mass is 409 g/mol. The van der Waals surface area contributed by atoms with E-state index in [1.54, 1.807) is 17.0 Å². The molecule has 1 N–H and O–H groups in total. The van der Waals surface area contributed by atoms with E-state index in [-0.39, 0.29) is 24.2 Å². The van der Waals surface area contributed by atoms with E-state index in [9.17, 15) is 14.3 Å². The van der Waals surface area contributed by atoms with Crippen molar-refractivity contribution >= 4 is 17.0 Å². The summed E-state index contributed by atoms with van der Waals surface area (Å²) in [5.41, 5.74) is 1.95. The first-order valence-electron chi connectivity index (χ1n) is 10.4. The van der Waals surface area contributed by atoms with Gasteiger partial charge < -0.3 is 14.5 Å². The molecule has 1 aliphatic heterocycles. The Bertz CT molecular complexity index is 1120. The third-order valence-corrected chi connectivity index (χ3v) is 6.18. The molecule has 1 aliphatic carbocycles. The molecule has 1 atom stereocenters. The van der Waals surface area contributed by atoms with E-state index in [0.29, 0.717) is 41.1 Å². The lowest BCUT2D eigenvalue weighted by Gasteiger charge is -2.24. The van der Waals surface area contributed by atoms with E-state index < -0.39 is 5.60 Å². The number of amides is 1. The highest BCUT2D eigenvalue weighted by Gasteiger charge is 2.41. The van der Waals surface area contributed by atoms with Gasteiger partial charge in [-0.2, -0.15) is 0 Å². The summed E-state index contributed by atoms with van der Waals surface area (Å²) in [5, 5.41) is 16.0.